The molecule has 0 aliphatic carbocycles. The van der Waals surface area contributed by atoms with Crippen LogP contribution in [0.4, 0.5) is 0 Å². The molecule has 1 aliphatic heterocycles. The predicted octanol–water partition coefficient (Wildman–Crippen LogP) is 5.71. The number of hydrogen-bond donors (Lipinski definition) is 0. The van der Waals surface area contributed by atoms with E-state index in [0.29, 0.717) is 11.3 Å². The molecule has 1 aliphatic rings. The lowest BCUT2D eigenvalue weighted by Crippen LogP contribution is -2.14. The second-order valence-corrected chi connectivity index (χ2v) is 9.53. The van der Waals surface area contributed by atoms with E-state index < -0.39 is 9.84 Å². The van der Waals surface area contributed by atoms with Gasteiger partial charge in [0.2, 0.25) is 0 Å². The molecule has 152 valence electrons. The van der Waals surface area contributed by atoms with Crippen molar-refractivity contribution < 1.29 is 17.9 Å². The molecule has 4 rings (SSSR count). The third-order valence-electron chi connectivity index (χ3n) is 4.82. The number of allylic oxidation sites excluding steroid dienone is 1. The Morgan fingerprint density at radius 3 is 2.30 bits per heavy atom. The van der Waals surface area contributed by atoms with Crippen LogP contribution in [0.2, 0.25) is 0 Å². The maximum absolute atomic E-state index is 13.0. The summed E-state index contributed by atoms with van der Waals surface area (Å²) in [7, 11) is -1.93. The third kappa shape index (κ3) is 4.06. The monoisotopic (exact) mass is 482 g/mol. The van der Waals surface area contributed by atoms with Crippen molar-refractivity contribution in [1.29, 1.82) is 0 Å². The summed E-state index contributed by atoms with van der Waals surface area (Å²) in [5.41, 5.74) is 3.12. The van der Waals surface area contributed by atoms with Crippen molar-refractivity contribution in [2.45, 2.75) is 4.90 Å². The fourth-order valence-corrected chi connectivity index (χ4v) is 5.40. The number of benzene rings is 3. The van der Waals surface area contributed by atoms with Crippen LogP contribution in [-0.2, 0) is 9.84 Å². The molecule has 0 fully saturated rings. The molecule has 6 heteroatoms. The number of fused-ring (bicyclic) bond motifs is 1. The average Bonchev–Trinajstić information content (AvgIpc) is 2.79. The van der Waals surface area contributed by atoms with Gasteiger partial charge in [-0.15, -0.1) is 0 Å². The highest BCUT2D eigenvalue weighted by atomic mass is 79.9. The maximum atomic E-state index is 13.0. The van der Waals surface area contributed by atoms with E-state index in [0.717, 1.165) is 26.9 Å². The molecular formula is C24H19BrO4S. The molecule has 0 saturated carbocycles. The number of sulfone groups is 1. The van der Waals surface area contributed by atoms with Crippen LogP contribution >= 0.6 is 15.9 Å². The van der Waals surface area contributed by atoms with Crippen LogP contribution in [0.3, 0.4) is 0 Å². The highest BCUT2D eigenvalue weighted by Gasteiger charge is 2.27. The van der Waals surface area contributed by atoms with Crippen molar-refractivity contribution in [2.24, 2.45) is 0 Å². The van der Waals surface area contributed by atoms with Crippen molar-refractivity contribution in [3.63, 3.8) is 0 Å². The molecular weight excluding hydrogens is 464 g/mol. The first-order valence-corrected chi connectivity index (χ1v) is 11.7. The van der Waals surface area contributed by atoms with Crippen LogP contribution in [0.5, 0.6) is 11.5 Å². The Hall–Kier alpha value is -2.83. The molecule has 0 amide bonds. The maximum Gasteiger partial charge on any atom is 0.182 e. The van der Waals surface area contributed by atoms with Crippen molar-refractivity contribution in [1.82, 2.24) is 0 Å². The van der Waals surface area contributed by atoms with Crippen molar-refractivity contribution in [2.75, 3.05) is 12.9 Å². The standard InChI is InChI=1S/C24H19BrO4S/c1-28-19-13-11-17(12-14-19)24(25)23-18(15-29-22-10-6-5-9-21(22)23)16-30(26,27)20-7-3-2-4-8-20/h2-15H,16H2,1H3/b24-23-. The summed E-state index contributed by atoms with van der Waals surface area (Å²) in [6, 6.07) is 23.6. The Bertz CT molecular complexity index is 1230. The second kappa shape index (κ2) is 8.50. The molecule has 0 unspecified atom stereocenters. The molecule has 0 spiro atoms. The fourth-order valence-electron chi connectivity index (χ4n) is 3.31. The zero-order valence-corrected chi connectivity index (χ0v) is 18.6. The minimum atomic E-state index is -3.55. The lowest BCUT2D eigenvalue weighted by molar-refractivity contribution is 0.415. The number of halogens is 1. The summed E-state index contributed by atoms with van der Waals surface area (Å²) in [4.78, 5) is 0.282. The summed E-state index contributed by atoms with van der Waals surface area (Å²) in [5, 5.41) is 0. The highest BCUT2D eigenvalue weighted by Crippen LogP contribution is 2.43. The van der Waals surface area contributed by atoms with Gasteiger partial charge in [0.05, 0.1) is 24.0 Å². The summed E-state index contributed by atoms with van der Waals surface area (Å²) in [6.07, 6.45) is 1.53. The van der Waals surface area contributed by atoms with E-state index in [1.807, 2.05) is 48.5 Å². The Labute approximate surface area is 184 Å². The third-order valence-corrected chi connectivity index (χ3v) is 7.35. The quantitative estimate of drug-likeness (QED) is 0.467. The van der Waals surface area contributed by atoms with Crippen LogP contribution in [-0.4, -0.2) is 21.3 Å². The van der Waals surface area contributed by atoms with Gasteiger partial charge in [0.15, 0.2) is 9.84 Å². The lowest BCUT2D eigenvalue weighted by Gasteiger charge is -2.22. The van der Waals surface area contributed by atoms with Crippen LogP contribution in [0.15, 0.2) is 95.6 Å². The zero-order chi connectivity index (χ0) is 21.1. The molecule has 0 atom stereocenters. The zero-order valence-electron chi connectivity index (χ0n) is 16.2. The SMILES string of the molecule is COc1ccc(/C(Br)=C2\C(CS(=O)(=O)c3ccccc3)=COc3ccccc32)cc1. The molecule has 30 heavy (non-hydrogen) atoms. The van der Waals surface area contributed by atoms with Crippen molar-refractivity contribution >= 4 is 35.8 Å². The van der Waals surface area contributed by atoms with Crippen LogP contribution in [0.25, 0.3) is 10.1 Å². The lowest BCUT2D eigenvalue weighted by atomic mass is 9.95. The van der Waals surface area contributed by atoms with Crippen molar-refractivity contribution in [3.05, 3.63) is 102 Å². The molecule has 4 nitrogen and oxygen atoms in total. The van der Waals surface area contributed by atoms with Gasteiger partial charge in [-0.05, 0) is 51.8 Å². The topological polar surface area (TPSA) is 52.6 Å². The number of hydrogen-bond acceptors (Lipinski definition) is 4. The molecule has 0 radical (unpaired) electrons. The minimum absolute atomic E-state index is 0.175. The normalized spacial score (nSPS) is 14.9. The molecule has 1 heterocycles. The van der Waals surface area contributed by atoms with Gasteiger partial charge >= 0.3 is 0 Å². The van der Waals surface area contributed by atoms with Crippen LogP contribution in [0.1, 0.15) is 11.1 Å². The van der Waals surface area contributed by atoms with Gasteiger partial charge in [0.25, 0.3) is 0 Å². The summed E-state index contributed by atoms with van der Waals surface area (Å²) in [5.74, 6) is 1.25. The molecule has 0 N–H and O–H groups in total. The predicted molar refractivity (Wildman–Crippen MR) is 122 cm³/mol. The van der Waals surface area contributed by atoms with E-state index in [4.69, 9.17) is 9.47 Å². The number of para-hydroxylation sites is 1. The van der Waals surface area contributed by atoms with E-state index in [9.17, 15) is 8.42 Å². The van der Waals surface area contributed by atoms with E-state index >= 15 is 0 Å². The summed E-state index contributed by atoms with van der Waals surface area (Å²) in [6.45, 7) is 0. The molecule has 0 bridgehead atoms. The van der Waals surface area contributed by atoms with Gasteiger partial charge in [-0.3, -0.25) is 0 Å². The van der Waals surface area contributed by atoms with Crippen LogP contribution in [0, 0.1) is 0 Å². The average molecular weight is 483 g/mol. The summed E-state index contributed by atoms with van der Waals surface area (Å²) < 4.78 is 37.9. The Balaban J connectivity index is 1.82. The van der Waals surface area contributed by atoms with Gasteiger partial charge < -0.3 is 9.47 Å². The Morgan fingerprint density at radius 1 is 0.933 bits per heavy atom. The molecule has 3 aromatic carbocycles. The highest BCUT2D eigenvalue weighted by molar-refractivity contribution is 9.15. The van der Waals surface area contributed by atoms with E-state index in [-0.39, 0.29) is 10.6 Å². The minimum Gasteiger partial charge on any atom is -0.497 e. The Morgan fingerprint density at radius 2 is 1.60 bits per heavy atom. The number of ether oxygens (including phenoxy) is 2. The van der Waals surface area contributed by atoms with Gasteiger partial charge in [-0.1, -0.05) is 48.5 Å². The van der Waals surface area contributed by atoms with Gasteiger partial charge in [-0.25, -0.2) is 8.42 Å². The first kappa shape index (κ1) is 20.4. The van der Waals surface area contributed by atoms with E-state index in [2.05, 4.69) is 15.9 Å². The largest absolute Gasteiger partial charge is 0.497 e. The van der Waals surface area contributed by atoms with Crippen molar-refractivity contribution in [3.8, 4) is 11.5 Å². The first-order chi connectivity index (χ1) is 14.5. The summed E-state index contributed by atoms with van der Waals surface area (Å²) >= 11 is 3.72. The second-order valence-electron chi connectivity index (χ2n) is 6.75. The van der Waals surface area contributed by atoms with E-state index in [1.54, 1.807) is 37.4 Å². The first-order valence-electron chi connectivity index (χ1n) is 9.27. The molecule has 0 saturated heterocycles. The number of rotatable bonds is 5. The smallest absolute Gasteiger partial charge is 0.182 e. The molecule has 3 aromatic rings. The number of methoxy groups -OCH3 is 1. The van der Waals surface area contributed by atoms with Crippen LogP contribution < -0.4 is 9.47 Å². The fraction of sp³-hybridized carbons (Fsp3) is 0.0833. The van der Waals surface area contributed by atoms with Gasteiger partial charge in [-0.2, -0.15) is 0 Å². The van der Waals surface area contributed by atoms with Gasteiger partial charge in [0.1, 0.15) is 11.5 Å². The van der Waals surface area contributed by atoms with Gasteiger partial charge in [0, 0.05) is 21.2 Å². The van der Waals surface area contributed by atoms with E-state index in [1.165, 1.54) is 6.26 Å². The molecule has 0 aromatic heterocycles. The Kier molecular flexibility index (Phi) is 5.79.